The molecule has 2 atom stereocenters. The second-order valence-corrected chi connectivity index (χ2v) is 10.4. The zero-order valence-electron chi connectivity index (χ0n) is 20.8. The molecule has 2 N–H and O–H groups in total. The van der Waals surface area contributed by atoms with Crippen molar-refractivity contribution in [3.8, 4) is 0 Å². The van der Waals surface area contributed by atoms with Crippen LogP contribution in [0.15, 0.2) is 54.3 Å². The number of likely N-dealkylation sites (tertiary alicyclic amines) is 1. The number of amides is 2. The molecular formula is C28H33ClN4O3. The van der Waals surface area contributed by atoms with Gasteiger partial charge in [-0.05, 0) is 74.1 Å². The molecular weight excluding hydrogens is 476 g/mol. The largest absolute Gasteiger partial charge is 0.412 e. The molecule has 36 heavy (non-hydrogen) atoms. The van der Waals surface area contributed by atoms with Crippen molar-refractivity contribution in [2.45, 2.75) is 50.7 Å². The van der Waals surface area contributed by atoms with Gasteiger partial charge in [-0.1, -0.05) is 29.8 Å². The average molecular weight is 509 g/mol. The SMILES string of the molecule is CC1C=C(CN2CCC(N(C)C(=O)c3ccc4c(c3)[C@H](NC(=O)c3ccccc3Cl)CC4)CC2)ON1. The van der Waals surface area contributed by atoms with E-state index in [0.29, 0.717) is 16.1 Å². The smallest absolute Gasteiger partial charge is 0.253 e. The molecule has 7 nitrogen and oxygen atoms in total. The highest BCUT2D eigenvalue weighted by molar-refractivity contribution is 6.33. The predicted octanol–water partition coefficient (Wildman–Crippen LogP) is 4.10. The Kier molecular flexibility index (Phi) is 7.32. The minimum Gasteiger partial charge on any atom is -0.412 e. The number of nitrogens with one attached hydrogen (secondary N) is 2. The standard InChI is InChI=1S/C28H33ClN4O3/c1-18-15-22(36-31-18)17-33-13-11-21(12-14-33)32(2)28(35)20-8-7-19-9-10-26(24(19)16-20)30-27(34)23-5-3-4-6-25(23)29/h3-8,15-16,18,21,26,31H,9-14,17H2,1-2H3,(H,30,34)/t18?,26-/m1/s1. The molecule has 2 aromatic rings. The number of halogens is 1. The van der Waals surface area contributed by atoms with E-state index in [1.807, 2.05) is 36.2 Å². The molecule has 0 spiro atoms. The molecule has 0 aromatic heterocycles. The van der Waals surface area contributed by atoms with Gasteiger partial charge < -0.3 is 15.1 Å². The van der Waals surface area contributed by atoms with Gasteiger partial charge in [0, 0.05) is 31.7 Å². The molecule has 2 aromatic carbocycles. The van der Waals surface area contributed by atoms with Crippen LogP contribution in [0.5, 0.6) is 0 Å². The van der Waals surface area contributed by atoms with Gasteiger partial charge in [0.05, 0.1) is 29.2 Å². The third kappa shape index (κ3) is 5.28. The summed E-state index contributed by atoms with van der Waals surface area (Å²) in [5, 5.41) is 3.55. The molecule has 2 heterocycles. The van der Waals surface area contributed by atoms with Gasteiger partial charge >= 0.3 is 0 Å². The Morgan fingerprint density at radius 1 is 1.17 bits per heavy atom. The van der Waals surface area contributed by atoms with Gasteiger partial charge in [-0.15, -0.1) is 0 Å². The van der Waals surface area contributed by atoms with Crippen molar-refractivity contribution in [2.24, 2.45) is 0 Å². The molecule has 0 bridgehead atoms. The van der Waals surface area contributed by atoms with Crippen LogP contribution in [0.2, 0.25) is 5.02 Å². The van der Waals surface area contributed by atoms with Crippen LogP contribution in [-0.2, 0) is 11.3 Å². The zero-order valence-corrected chi connectivity index (χ0v) is 21.6. The van der Waals surface area contributed by atoms with Crippen molar-refractivity contribution in [1.29, 1.82) is 0 Å². The third-order valence-corrected chi connectivity index (χ3v) is 7.84. The fourth-order valence-corrected chi connectivity index (χ4v) is 5.64. The van der Waals surface area contributed by atoms with E-state index < -0.39 is 0 Å². The van der Waals surface area contributed by atoms with Gasteiger partial charge in [0.15, 0.2) is 0 Å². The number of piperidine rings is 1. The third-order valence-electron chi connectivity index (χ3n) is 7.51. The van der Waals surface area contributed by atoms with Gasteiger partial charge in [0.1, 0.15) is 5.76 Å². The number of nitrogens with zero attached hydrogens (tertiary/aromatic N) is 2. The van der Waals surface area contributed by atoms with Gasteiger partial charge in [-0.2, -0.15) is 5.48 Å². The lowest BCUT2D eigenvalue weighted by Gasteiger charge is -2.36. The molecule has 1 fully saturated rings. The van der Waals surface area contributed by atoms with E-state index in [2.05, 4.69) is 28.7 Å². The van der Waals surface area contributed by atoms with E-state index in [-0.39, 0.29) is 29.9 Å². The van der Waals surface area contributed by atoms with Crippen molar-refractivity contribution >= 4 is 23.4 Å². The molecule has 0 saturated carbocycles. The summed E-state index contributed by atoms with van der Waals surface area (Å²) in [5.41, 5.74) is 6.30. The Balaban J connectivity index is 1.21. The van der Waals surface area contributed by atoms with Crippen LogP contribution in [0.25, 0.3) is 0 Å². The van der Waals surface area contributed by atoms with Gasteiger partial charge in [-0.25, -0.2) is 0 Å². The maximum Gasteiger partial charge on any atom is 0.253 e. The Labute approximate surface area is 217 Å². The van der Waals surface area contributed by atoms with Crippen molar-refractivity contribution in [3.63, 3.8) is 0 Å². The maximum atomic E-state index is 13.4. The highest BCUT2D eigenvalue weighted by Gasteiger charge is 2.30. The molecule has 2 amide bonds. The Bertz CT molecular complexity index is 1180. The summed E-state index contributed by atoms with van der Waals surface area (Å²) in [7, 11) is 1.90. The van der Waals surface area contributed by atoms with Crippen molar-refractivity contribution in [3.05, 3.63) is 81.6 Å². The number of benzene rings is 2. The first kappa shape index (κ1) is 24.8. The summed E-state index contributed by atoms with van der Waals surface area (Å²) in [6.45, 7) is 4.72. The molecule has 190 valence electrons. The highest BCUT2D eigenvalue weighted by Crippen LogP contribution is 2.33. The summed E-state index contributed by atoms with van der Waals surface area (Å²) in [4.78, 5) is 36.0. The lowest BCUT2D eigenvalue weighted by molar-refractivity contribution is 0.0604. The fourth-order valence-electron chi connectivity index (χ4n) is 5.42. The van der Waals surface area contributed by atoms with E-state index in [9.17, 15) is 9.59 Å². The molecule has 5 rings (SSSR count). The van der Waals surface area contributed by atoms with Crippen molar-refractivity contribution in [1.82, 2.24) is 20.6 Å². The summed E-state index contributed by atoms with van der Waals surface area (Å²) in [6, 6.07) is 13.3. The van der Waals surface area contributed by atoms with Crippen molar-refractivity contribution in [2.75, 3.05) is 26.7 Å². The van der Waals surface area contributed by atoms with Crippen LogP contribution >= 0.6 is 11.6 Å². The van der Waals surface area contributed by atoms with E-state index in [1.54, 1.807) is 18.2 Å². The van der Waals surface area contributed by atoms with Crippen LogP contribution in [0, 0.1) is 0 Å². The van der Waals surface area contributed by atoms with Crippen LogP contribution < -0.4 is 10.8 Å². The number of hydroxylamine groups is 1. The minimum absolute atomic E-state index is 0.0270. The van der Waals surface area contributed by atoms with Gasteiger partial charge in [-0.3, -0.25) is 14.5 Å². The molecule has 3 aliphatic rings. The normalized spacial score (nSPS) is 22.0. The number of hydrogen-bond donors (Lipinski definition) is 2. The summed E-state index contributed by atoms with van der Waals surface area (Å²) < 4.78 is 0. The van der Waals surface area contributed by atoms with Crippen LogP contribution in [0.4, 0.5) is 0 Å². The number of fused-ring (bicyclic) bond motifs is 1. The molecule has 1 aliphatic carbocycles. The average Bonchev–Trinajstić information content (AvgIpc) is 3.49. The lowest BCUT2D eigenvalue weighted by Crippen LogP contribution is -2.46. The highest BCUT2D eigenvalue weighted by atomic mass is 35.5. The van der Waals surface area contributed by atoms with E-state index in [1.165, 1.54) is 5.56 Å². The fraction of sp³-hybridized carbons (Fsp3) is 0.429. The minimum atomic E-state index is -0.192. The van der Waals surface area contributed by atoms with Crippen LogP contribution in [0.3, 0.4) is 0 Å². The molecule has 1 saturated heterocycles. The monoisotopic (exact) mass is 508 g/mol. The second-order valence-electron chi connectivity index (χ2n) is 10.0. The number of carbonyl (C=O) groups is 2. The number of carbonyl (C=O) groups excluding carboxylic acids is 2. The Morgan fingerprint density at radius 2 is 1.94 bits per heavy atom. The first-order chi connectivity index (χ1) is 17.4. The number of aryl methyl sites for hydroxylation is 1. The summed E-state index contributed by atoms with van der Waals surface area (Å²) in [6.07, 6.45) is 5.66. The number of hydrogen-bond acceptors (Lipinski definition) is 5. The molecule has 2 aliphatic heterocycles. The molecule has 0 radical (unpaired) electrons. The van der Waals surface area contributed by atoms with Gasteiger partial charge in [0.25, 0.3) is 11.8 Å². The Morgan fingerprint density at radius 3 is 2.67 bits per heavy atom. The molecule has 8 heteroatoms. The first-order valence-electron chi connectivity index (χ1n) is 12.7. The lowest BCUT2D eigenvalue weighted by atomic mass is 10.00. The van der Waals surface area contributed by atoms with E-state index >= 15 is 0 Å². The quantitative estimate of drug-likeness (QED) is 0.614. The topological polar surface area (TPSA) is 73.9 Å². The molecule has 1 unspecified atom stereocenters. The van der Waals surface area contributed by atoms with Gasteiger partial charge in [0.2, 0.25) is 0 Å². The van der Waals surface area contributed by atoms with Crippen LogP contribution in [-0.4, -0.2) is 60.4 Å². The van der Waals surface area contributed by atoms with Crippen LogP contribution in [0.1, 0.15) is 64.1 Å². The maximum absolute atomic E-state index is 13.4. The second kappa shape index (κ2) is 10.6. The summed E-state index contributed by atoms with van der Waals surface area (Å²) >= 11 is 6.21. The summed E-state index contributed by atoms with van der Waals surface area (Å²) in [5.74, 6) is 0.807. The van der Waals surface area contributed by atoms with Crippen molar-refractivity contribution < 1.29 is 14.4 Å². The first-order valence-corrected chi connectivity index (χ1v) is 13.1. The Hall–Kier alpha value is -2.87. The predicted molar refractivity (Wildman–Crippen MR) is 140 cm³/mol. The van der Waals surface area contributed by atoms with E-state index in [0.717, 1.165) is 56.6 Å². The van der Waals surface area contributed by atoms with E-state index in [4.69, 9.17) is 16.4 Å². The number of rotatable bonds is 6. The zero-order chi connectivity index (χ0) is 25.2.